The quantitative estimate of drug-likeness (QED) is 0.612. The minimum absolute atomic E-state index is 0.00301. The Morgan fingerprint density at radius 3 is 2.04 bits per heavy atom. The van der Waals surface area contributed by atoms with Gasteiger partial charge in [0.25, 0.3) is 0 Å². The summed E-state index contributed by atoms with van der Waals surface area (Å²) in [5.41, 5.74) is -0.722. The van der Waals surface area contributed by atoms with Crippen molar-refractivity contribution in [3.8, 4) is 0 Å². The zero-order valence-electron chi connectivity index (χ0n) is 17.2. The van der Waals surface area contributed by atoms with E-state index in [1.807, 2.05) is 48.5 Å². The minimum Gasteiger partial charge on any atom is -0.462 e. The highest BCUT2D eigenvalue weighted by atomic mass is 32.2. The Morgan fingerprint density at radius 2 is 1.68 bits per heavy atom. The molecular weight excluding hydrogens is 344 g/mol. The molecule has 0 aliphatic heterocycles. The van der Waals surface area contributed by atoms with Gasteiger partial charge in [-0.25, -0.2) is 8.42 Å². The summed E-state index contributed by atoms with van der Waals surface area (Å²) >= 11 is 0. The number of rotatable bonds is 9. The molecule has 0 heterocycles. The van der Waals surface area contributed by atoms with Gasteiger partial charge >= 0.3 is 5.97 Å². The number of nitrogens with one attached hydrogen (secondary N) is 1. The van der Waals surface area contributed by atoms with Crippen LogP contribution in [0.4, 0.5) is 0 Å². The van der Waals surface area contributed by atoms with Crippen molar-refractivity contribution < 1.29 is 22.7 Å². The third-order valence-electron chi connectivity index (χ3n) is 3.89. The summed E-state index contributed by atoms with van der Waals surface area (Å²) in [7, 11) is -1.78. The van der Waals surface area contributed by atoms with Crippen molar-refractivity contribution in [2.24, 2.45) is 5.41 Å². The van der Waals surface area contributed by atoms with Crippen LogP contribution in [-0.4, -0.2) is 69.4 Å². The van der Waals surface area contributed by atoms with Crippen molar-refractivity contribution in [2.75, 3.05) is 33.0 Å². The van der Waals surface area contributed by atoms with Gasteiger partial charge in [-0.3, -0.25) is 4.79 Å². The maximum atomic E-state index is 12.2. The molecule has 0 spiro atoms. The molecule has 0 radical (unpaired) electrons. The van der Waals surface area contributed by atoms with Gasteiger partial charge in [-0.05, 0) is 40.2 Å². The average molecular weight is 381 g/mol. The first-order chi connectivity index (χ1) is 11.1. The average Bonchev–Trinajstić information content (AvgIpc) is 2.37. The smallest absolute Gasteiger partial charge is 0.320 e. The summed E-state index contributed by atoms with van der Waals surface area (Å²) in [6.45, 7) is 13.8. The SMILES string of the molecule is CNCC(=O)OC[C@H](CN(C(C)(C)C)S(C)(=O)=O)O[C@@H](C)C(C)(C)C. The van der Waals surface area contributed by atoms with Gasteiger partial charge < -0.3 is 14.8 Å². The molecule has 0 saturated heterocycles. The lowest BCUT2D eigenvalue weighted by molar-refractivity contribution is -0.151. The van der Waals surface area contributed by atoms with E-state index in [-0.39, 0.29) is 31.2 Å². The monoisotopic (exact) mass is 380 g/mol. The Bertz CT molecular complexity index is 520. The molecular formula is C17H36N2O5S. The van der Waals surface area contributed by atoms with Gasteiger partial charge in [0.2, 0.25) is 10.0 Å². The van der Waals surface area contributed by atoms with Gasteiger partial charge in [0.15, 0.2) is 0 Å². The van der Waals surface area contributed by atoms with E-state index < -0.39 is 27.6 Å². The topological polar surface area (TPSA) is 84.9 Å². The summed E-state index contributed by atoms with van der Waals surface area (Å²) in [6.07, 6.45) is 0.487. The van der Waals surface area contributed by atoms with E-state index in [0.29, 0.717) is 0 Å². The van der Waals surface area contributed by atoms with E-state index >= 15 is 0 Å². The van der Waals surface area contributed by atoms with Gasteiger partial charge in [0, 0.05) is 12.1 Å². The highest BCUT2D eigenvalue weighted by molar-refractivity contribution is 7.88. The van der Waals surface area contributed by atoms with E-state index in [4.69, 9.17) is 9.47 Å². The van der Waals surface area contributed by atoms with Crippen LogP contribution in [0.1, 0.15) is 48.5 Å². The number of carbonyl (C=O) groups is 1. The number of likely N-dealkylation sites (N-methyl/N-ethyl adjacent to an activating group) is 1. The van der Waals surface area contributed by atoms with Crippen LogP contribution >= 0.6 is 0 Å². The normalized spacial score (nSPS) is 15.9. The largest absolute Gasteiger partial charge is 0.462 e. The zero-order valence-corrected chi connectivity index (χ0v) is 18.0. The Morgan fingerprint density at radius 1 is 1.16 bits per heavy atom. The van der Waals surface area contributed by atoms with Crippen LogP contribution in [0.3, 0.4) is 0 Å². The molecule has 0 bridgehead atoms. The van der Waals surface area contributed by atoms with Crippen molar-refractivity contribution in [1.82, 2.24) is 9.62 Å². The molecule has 0 aliphatic carbocycles. The van der Waals surface area contributed by atoms with E-state index in [1.54, 1.807) is 7.05 Å². The third kappa shape index (κ3) is 9.53. The minimum atomic E-state index is -3.44. The van der Waals surface area contributed by atoms with Crippen LogP contribution < -0.4 is 5.32 Å². The third-order valence-corrected chi connectivity index (χ3v) is 5.38. The van der Waals surface area contributed by atoms with Crippen LogP contribution in [0, 0.1) is 5.41 Å². The second-order valence-electron chi connectivity index (χ2n) is 8.44. The summed E-state index contributed by atoms with van der Waals surface area (Å²) in [6, 6.07) is 0. The maximum absolute atomic E-state index is 12.2. The van der Waals surface area contributed by atoms with Gasteiger partial charge in [-0.2, -0.15) is 4.31 Å². The first-order valence-corrected chi connectivity index (χ1v) is 10.4. The van der Waals surface area contributed by atoms with Gasteiger partial charge in [-0.15, -0.1) is 0 Å². The van der Waals surface area contributed by atoms with Crippen LogP contribution in [-0.2, 0) is 24.3 Å². The summed E-state index contributed by atoms with van der Waals surface area (Å²) in [5, 5.41) is 2.72. The lowest BCUT2D eigenvalue weighted by atomic mass is 9.90. The Balaban J connectivity index is 5.31. The Labute approximate surface area is 153 Å². The number of carbonyl (C=O) groups excluding carboxylic acids is 1. The second-order valence-corrected chi connectivity index (χ2v) is 10.4. The lowest BCUT2D eigenvalue weighted by Crippen LogP contribution is -2.51. The Hall–Kier alpha value is -0.700. The van der Waals surface area contributed by atoms with Gasteiger partial charge in [0.1, 0.15) is 12.7 Å². The first-order valence-electron chi connectivity index (χ1n) is 8.52. The maximum Gasteiger partial charge on any atom is 0.320 e. The van der Waals surface area contributed by atoms with Crippen molar-refractivity contribution in [2.45, 2.75) is 66.2 Å². The van der Waals surface area contributed by atoms with E-state index in [0.717, 1.165) is 0 Å². The molecule has 0 aliphatic rings. The van der Waals surface area contributed by atoms with E-state index in [9.17, 15) is 13.2 Å². The molecule has 0 amide bonds. The first kappa shape index (κ1) is 24.3. The van der Waals surface area contributed by atoms with E-state index in [2.05, 4.69) is 5.32 Å². The number of sulfonamides is 1. The molecule has 0 aromatic carbocycles. The molecule has 0 unspecified atom stereocenters. The van der Waals surface area contributed by atoms with Crippen molar-refractivity contribution in [1.29, 1.82) is 0 Å². The summed E-state index contributed by atoms with van der Waals surface area (Å²) in [5.74, 6) is -0.402. The molecule has 150 valence electrons. The van der Waals surface area contributed by atoms with E-state index in [1.165, 1.54) is 10.6 Å². The predicted molar refractivity (Wildman–Crippen MR) is 100.0 cm³/mol. The molecule has 2 atom stereocenters. The molecule has 0 rings (SSSR count). The predicted octanol–water partition coefficient (Wildman–Crippen LogP) is 1.63. The Kier molecular flexibility index (Phi) is 9.04. The molecule has 7 nitrogen and oxygen atoms in total. The van der Waals surface area contributed by atoms with Crippen LogP contribution in [0.25, 0.3) is 0 Å². The number of hydrogen-bond donors (Lipinski definition) is 1. The molecule has 1 N–H and O–H groups in total. The van der Waals surface area contributed by atoms with Crippen LogP contribution in [0.15, 0.2) is 0 Å². The molecule has 25 heavy (non-hydrogen) atoms. The van der Waals surface area contributed by atoms with Crippen molar-refractivity contribution >= 4 is 16.0 Å². The van der Waals surface area contributed by atoms with Gasteiger partial charge in [-0.1, -0.05) is 20.8 Å². The fourth-order valence-corrected chi connectivity index (χ4v) is 3.53. The highest BCUT2D eigenvalue weighted by Gasteiger charge is 2.34. The summed E-state index contributed by atoms with van der Waals surface area (Å²) in [4.78, 5) is 11.6. The number of nitrogens with zero attached hydrogens (tertiary/aromatic N) is 1. The van der Waals surface area contributed by atoms with Crippen LogP contribution in [0.5, 0.6) is 0 Å². The highest BCUT2D eigenvalue weighted by Crippen LogP contribution is 2.25. The van der Waals surface area contributed by atoms with Crippen molar-refractivity contribution in [3.05, 3.63) is 0 Å². The number of esters is 1. The number of hydrogen-bond acceptors (Lipinski definition) is 6. The molecule has 0 saturated carbocycles. The molecule has 8 heteroatoms. The van der Waals surface area contributed by atoms with Crippen molar-refractivity contribution in [3.63, 3.8) is 0 Å². The standard InChI is InChI=1S/C17H36N2O5S/c1-13(16(2,3)4)24-14(12-23-15(20)10-18-8)11-19(17(5,6)7)25(9,21)22/h13-14,18H,10-12H2,1-9H3/t13-,14-/m0/s1. The molecule has 0 aromatic rings. The fourth-order valence-electron chi connectivity index (χ4n) is 2.10. The lowest BCUT2D eigenvalue weighted by Gasteiger charge is -2.38. The molecule has 0 aromatic heterocycles. The second kappa shape index (κ2) is 9.30. The van der Waals surface area contributed by atoms with Crippen LogP contribution in [0.2, 0.25) is 0 Å². The molecule has 0 fully saturated rings. The fraction of sp³-hybridized carbons (Fsp3) is 0.941. The zero-order chi connectivity index (χ0) is 20.1. The summed E-state index contributed by atoms with van der Waals surface area (Å²) < 4.78 is 37.1. The number of ether oxygens (including phenoxy) is 2. The van der Waals surface area contributed by atoms with Gasteiger partial charge in [0.05, 0.1) is 18.9 Å².